The quantitative estimate of drug-likeness (QED) is 0.620. The largest absolute Gasteiger partial charge is 0.398 e. The zero-order chi connectivity index (χ0) is 13.4. The first-order chi connectivity index (χ1) is 8.72. The molecule has 0 radical (unpaired) electrons. The second-order valence-corrected chi connectivity index (χ2v) is 3.64. The SMILES string of the molecule is C=C/C=C(C=C)/C(N)=C/C(=NC)c1ccccc1. The number of hydrogen-bond donors (Lipinski definition) is 1. The van der Waals surface area contributed by atoms with E-state index in [1.54, 1.807) is 19.2 Å². The Bertz CT molecular complexity index is 505. The van der Waals surface area contributed by atoms with Gasteiger partial charge in [-0.05, 0) is 17.2 Å². The van der Waals surface area contributed by atoms with E-state index in [0.29, 0.717) is 5.70 Å². The van der Waals surface area contributed by atoms with Gasteiger partial charge < -0.3 is 5.73 Å². The van der Waals surface area contributed by atoms with Crippen LogP contribution in [0.25, 0.3) is 0 Å². The maximum Gasteiger partial charge on any atom is 0.0663 e. The van der Waals surface area contributed by atoms with Gasteiger partial charge >= 0.3 is 0 Å². The number of benzene rings is 1. The maximum absolute atomic E-state index is 6.02. The molecular formula is C16H18N2. The van der Waals surface area contributed by atoms with Gasteiger partial charge in [0.1, 0.15) is 0 Å². The van der Waals surface area contributed by atoms with Crippen molar-refractivity contribution in [3.63, 3.8) is 0 Å². The van der Waals surface area contributed by atoms with Crippen LogP contribution in [0, 0.1) is 0 Å². The Morgan fingerprint density at radius 1 is 1.22 bits per heavy atom. The topological polar surface area (TPSA) is 38.4 Å². The molecule has 0 fully saturated rings. The van der Waals surface area contributed by atoms with Gasteiger partial charge in [-0.15, -0.1) is 0 Å². The van der Waals surface area contributed by atoms with Crippen LogP contribution in [0.1, 0.15) is 5.56 Å². The third-order valence-electron chi connectivity index (χ3n) is 2.45. The van der Waals surface area contributed by atoms with Crippen LogP contribution in [0.5, 0.6) is 0 Å². The van der Waals surface area contributed by atoms with Crippen LogP contribution >= 0.6 is 0 Å². The minimum Gasteiger partial charge on any atom is -0.398 e. The van der Waals surface area contributed by atoms with Crippen molar-refractivity contribution in [2.24, 2.45) is 10.7 Å². The maximum atomic E-state index is 6.02. The van der Waals surface area contributed by atoms with E-state index in [-0.39, 0.29) is 0 Å². The van der Waals surface area contributed by atoms with Crippen molar-refractivity contribution < 1.29 is 0 Å². The van der Waals surface area contributed by atoms with Crippen molar-refractivity contribution in [3.8, 4) is 0 Å². The number of nitrogens with zero attached hydrogens (tertiary/aromatic N) is 1. The van der Waals surface area contributed by atoms with Gasteiger partial charge in [0.2, 0.25) is 0 Å². The summed E-state index contributed by atoms with van der Waals surface area (Å²) in [5, 5.41) is 0. The molecule has 1 aromatic rings. The van der Waals surface area contributed by atoms with Crippen molar-refractivity contribution >= 4 is 5.71 Å². The molecule has 0 aromatic heterocycles. The lowest BCUT2D eigenvalue weighted by atomic mass is 10.1. The van der Waals surface area contributed by atoms with Crippen molar-refractivity contribution in [3.05, 3.63) is 84.6 Å². The third-order valence-corrected chi connectivity index (χ3v) is 2.45. The number of allylic oxidation sites excluding steroid dienone is 4. The van der Waals surface area contributed by atoms with Crippen LogP contribution in [0.3, 0.4) is 0 Å². The Hall–Kier alpha value is -2.35. The molecule has 0 spiro atoms. The predicted molar refractivity (Wildman–Crippen MR) is 79.7 cm³/mol. The molecule has 0 amide bonds. The first kappa shape index (κ1) is 13.7. The van der Waals surface area contributed by atoms with Gasteiger partial charge in [-0.3, -0.25) is 4.99 Å². The summed E-state index contributed by atoms with van der Waals surface area (Å²) in [5.74, 6) is 0. The van der Waals surface area contributed by atoms with Crippen molar-refractivity contribution in [1.82, 2.24) is 0 Å². The molecule has 1 aromatic carbocycles. The number of rotatable bonds is 5. The lowest BCUT2D eigenvalue weighted by molar-refractivity contribution is 1.35. The predicted octanol–water partition coefficient (Wildman–Crippen LogP) is 3.25. The normalized spacial score (nSPS) is 13.3. The van der Waals surface area contributed by atoms with E-state index >= 15 is 0 Å². The lowest BCUT2D eigenvalue weighted by Crippen LogP contribution is -2.05. The highest BCUT2D eigenvalue weighted by Gasteiger charge is 2.01. The molecular weight excluding hydrogens is 220 g/mol. The third kappa shape index (κ3) is 3.59. The summed E-state index contributed by atoms with van der Waals surface area (Å²) in [4.78, 5) is 4.25. The van der Waals surface area contributed by atoms with Gasteiger partial charge in [0.05, 0.1) is 5.71 Å². The first-order valence-electron chi connectivity index (χ1n) is 5.67. The molecule has 18 heavy (non-hydrogen) atoms. The molecule has 0 saturated carbocycles. The molecule has 0 bridgehead atoms. The van der Waals surface area contributed by atoms with E-state index in [2.05, 4.69) is 18.2 Å². The van der Waals surface area contributed by atoms with E-state index in [4.69, 9.17) is 5.73 Å². The zero-order valence-electron chi connectivity index (χ0n) is 10.6. The molecule has 0 saturated heterocycles. The van der Waals surface area contributed by atoms with Gasteiger partial charge in [0.25, 0.3) is 0 Å². The summed E-state index contributed by atoms with van der Waals surface area (Å²) in [7, 11) is 1.75. The molecule has 0 heterocycles. The van der Waals surface area contributed by atoms with E-state index in [9.17, 15) is 0 Å². The van der Waals surface area contributed by atoms with E-state index in [1.165, 1.54) is 0 Å². The highest BCUT2D eigenvalue weighted by atomic mass is 14.7. The van der Waals surface area contributed by atoms with Gasteiger partial charge in [-0.2, -0.15) is 0 Å². The second-order valence-electron chi connectivity index (χ2n) is 3.64. The molecule has 2 nitrogen and oxygen atoms in total. The van der Waals surface area contributed by atoms with Crippen LogP contribution in [0.2, 0.25) is 0 Å². The molecule has 0 aliphatic rings. The smallest absolute Gasteiger partial charge is 0.0663 e. The summed E-state index contributed by atoms with van der Waals surface area (Å²) < 4.78 is 0. The van der Waals surface area contributed by atoms with E-state index in [0.717, 1.165) is 16.8 Å². The van der Waals surface area contributed by atoms with Crippen LogP contribution in [-0.4, -0.2) is 12.8 Å². The van der Waals surface area contributed by atoms with Gasteiger partial charge in [0, 0.05) is 12.7 Å². The van der Waals surface area contributed by atoms with E-state index in [1.807, 2.05) is 42.5 Å². The number of nitrogens with two attached hydrogens (primary N) is 1. The van der Waals surface area contributed by atoms with Gasteiger partial charge in [-0.1, -0.05) is 61.7 Å². The standard InChI is InChI=1S/C16H18N2/c1-4-9-13(5-2)15(17)12-16(18-3)14-10-7-6-8-11-14/h4-12H,1-2,17H2,3H3/b13-9+,15-12-,18-16?. The fourth-order valence-corrected chi connectivity index (χ4v) is 1.53. The fraction of sp³-hybridized carbons (Fsp3) is 0.0625. The molecule has 1 rings (SSSR count). The summed E-state index contributed by atoms with van der Waals surface area (Å²) in [6.07, 6.45) is 7.04. The van der Waals surface area contributed by atoms with Crippen LogP contribution in [0.4, 0.5) is 0 Å². The first-order valence-corrected chi connectivity index (χ1v) is 5.67. The summed E-state index contributed by atoms with van der Waals surface area (Å²) in [6.45, 7) is 7.38. The average Bonchev–Trinajstić information content (AvgIpc) is 2.42. The molecule has 2 heteroatoms. The summed E-state index contributed by atoms with van der Waals surface area (Å²) in [5.41, 5.74) is 9.35. The molecule has 0 aliphatic heterocycles. The van der Waals surface area contributed by atoms with E-state index < -0.39 is 0 Å². The molecule has 0 atom stereocenters. The molecule has 2 N–H and O–H groups in total. The number of hydrogen-bond acceptors (Lipinski definition) is 2. The summed E-state index contributed by atoms with van der Waals surface area (Å²) in [6, 6.07) is 9.90. The molecule has 0 unspecified atom stereocenters. The Kier molecular flexibility index (Phi) is 5.39. The van der Waals surface area contributed by atoms with Crippen molar-refractivity contribution in [1.29, 1.82) is 0 Å². The highest BCUT2D eigenvalue weighted by Crippen LogP contribution is 2.09. The van der Waals surface area contributed by atoms with Gasteiger partial charge in [0.15, 0.2) is 0 Å². The zero-order valence-corrected chi connectivity index (χ0v) is 10.6. The average molecular weight is 238 g/mol. The van der Waals surface area contributed by atoms with Gasteiger partial charge in [-0.25, -0.2) is 0 Å². The minimum atomic E-state index is 0.620. The summed E-state index contributed by atoms with van der Waals surface area (Å²) >= 11 is 0. The molecule has 0 aliphatic carbocycles. The van der Waals surface area contributed by atoms with Crippen LogP contribution in [0.15, 0.2) is 84.1 Å². The van der Waals surface area contributed by atoms with Crippen molar-refractivity contribution in [2.75, 3.05) is 7.05 Å². The number of aliphatic imine (C=N–C) groups is 1. The van der Waals surface area contributed by atoms with Crippen LogP contribution < -0.4 is 5.73 Å². The fourth-order valence-electron chi connectivity index (χ4n) is 1.53. The van der Waals surface area contributed by atoms with Crippen molar-refractivity contribution in [2.45, 2.75) is 0 Å². The Morgan fingerprint density at radius 2 is 1.89 bits per heavy atom. The molecule has 92 valence electrons. The highest BCUT2D eigenvalue weighted by molar-refractivity contribution is 6.09. The van der Waals surface area contributed by atoms with Crippen LogP contribution in [-0.2, 0) is 0 Å². The Balaban J connectivity index is 3.10. The lowest BCUT2D eigenvalue weighted by Gasteiger charge is -2.05. The monoisotopic (exact) mass is 238 g/mol. The minimum absolute atomic E-state index is 0.620. The Morgan fingerprint density at radius 3 is 2.39 bits per heavy atom. The second kappa shape index (κ2) is 7.07. The Labute approximate surface area is 109 Å².